The lowest BCUT2D eigenvalue weighted by Gasteiger charge is -2.51. The molecule has 4 rings (SSSR count). The van der Waals surface area contributed by atoms with Crippen LogP contribution in [0.3, 0.4) is 0 Å². The van der Waals surface area contributed by atoms with E-state index in [4.69, 9.17) is 5.73 Å². The fourth-order valence-corrected chi connectivity index (χ4v) is 7.69. The quantitative estimate of drug-likeness (QED) is 0.164. The monoisotopic (exact) mass is 553 g/mol. The van der Waals surface area contributed by atoms with Crippen molar-refractivity contribution >= 4 is 29.4 Å². The Hall–Kier alpha value is -3.07. The van der Waals surface area contributed by atoms with E-state index in [9.17, 15) is 29.1 Å². The number of amides is 4. The number of hydrogen-bond donors (Lipinski definition) is 3. The van der Waals surface area contributed by atoms with Crippen LogP contribution < -0.4 is 11.1 Å². The SMILES string of the molecule is C=CC(CCCCC)C1=C(C(=O)C2C(C)C=CC3(O)CC(C(=O)N4CCCC4C(N)=O)CC(C)C23)C(=O)NC1=O. The van der Waals surface area contributed by atoms with Crippen LogP contribution in [0.5, 0.6) is 0 Å². The third-order valence-corrected chi connectivity index (χ3v) is 9.57. The normalized spacial score (nSPS) is 34.5. The first-order valence-corrected chi connectivity index (χ1v) is 14.7. The van der Waals surface area contributed by atoms with Crippen molar-refractivity contribution in [3.8, 4) is 0 Å². The van der Waals surface area contributed by atoms with E-state index in [2.05, 4.69) is 18.8 Å². The number of nitrogens with one attached hydrogen (secondary N) is 1. The fourth-order valence-electron chi connectivity index (χ4n) is 7.69. The highest BCUT2D eigenvalue weighted by atomic mass is 16.3. The van der Waals surface area contributed by atoms with Gasteiger partial charge in [-0.1, -0.05) is 58.3 Å². The summed E-state index contributed by atoms with van der Waals surface area (Å²) in [4.78, 5) is 67.1. The molecule has 0 aromatic carbocycles. The summed E-state index contributed by atoms with van der Waals surface area (Å²) in [6.07, 6.45) is 10.3. The van der Waals surface area contributed by atoms with Crippen LogP contribution in [0, 0.1) is 35.5 Å². The van der Waals surface area contributed by atoms with Crippen molar-refractivity contribution in [1.29, 1.82) is 0 Å². The molecule has 0 aromatic rings. The summed E-state index contributed by atoms with van der Waals surface area (Å²) in [6, 6.07) is -0.634. The van der Waals surface area contributed by atoms with Gasteiger partial charge in [-0.2, -0.15) is 0 Å². The number of nitrogens with zero attached hydrogens (tertiary/aromatic N) is 1. The van der Waals surface area contributed by atoms with E-state index in [-0.39, 0.29) is 35.3 Å². The molecule has 2 aliphatic carbocycles. The number of unbranched alkanes of at least 4 members (excludes halogenated alkanes) is 2. The highest BCUT2D eigenvalue weighted by Gasteiger charge is 2.56. The number of carbonyl (C=O) groups is 5. The first-order valence-electron chi connectivity index (χ1n) is 14.7. The van der Waals surface area contributed by atoms with Gasteiger partial charge in [0.1, 0.15) is 6.04 Å². The van der Waals surface area contributed by atoms with E-state index in [1.807, 2.05) is 13.8 Å². The van der Waals surface area contributed by atoms with Crippen LogP contribution in [0.1, 0.15) is 72.1 Å². The molecule has 0 aromatic heterocycles. The maximum absolute atomic E-state index is 14.2. The third-order valence-electron chi connectivity index (χ3n) is 9.57. The summed E-state index contributed by atoms with van der Waals surface area (Å²) in [5, 5.41) is 14.3. The van der Waals surface area contributed by atoms with E-state index in [1.54, 1.807) is 23.1 Å². The number of primary amides is 1. The van der Waals surface area contributed by atoms with Gasteiger partial charge in [-0.05, 0) is 43.9 Å². The Labute approximate surface area is 236 Å². The minimum absolute atomic E-state index is 0.110. The van der Waals surface area contributed by atoms with Gasteiger partial charge < -0.3 is 15.7 Å². The molecule has 2 heterocycles. The Kier molecular flexibility index (Phi) is 8.83. The zero-order chi connectivity index (χ0) is 29.4. The molecule has 40 heavy (non-hydrogen) atoms. The van der Waals surface area contributed by atoms with E-state index in [0.717, 1.165) is 19.3 Å². The number of likely N-dealkylation sites (tertiary alicyclic amines) is 1. The van der Waals surface area contributed by atoms with Crippen LogP contribution in [0.25, 0.3) is 0 Å². The maximum atomic E-state index is 14.2. The average Bonchev–Trinajstić information content (AvgIpc) is 3.51. The molecule has 4 amide bonds. The first-order chi connectivity index (χ1) is 18.9. The van der Waals surface area contributed by atoms with E-state index >= 15 is 0 Å². The highest BCUT2D eigenvalue weighted by Crippen LogP contribution is 2.52. The second kappa shape index (κ2) is 11.8. The second-order valence-corrected chi connectivity index (χ2v) is 12.2. The molecule has 9 heteroatoms. The molecule has 1 saturated heterocycles. The molecular formula is C31H43N3O6. The van der Waals surface area contributed by atoms with Crippen molar-refractivity contribution in [2.45, 2.75) is 83.8 Å². The number of hydrogen-bond acceptors (Lipinski definition) is 6. The number of Topliss-reactive ketones (excluding diaryl/α,β-unsaturated/α-hetero) is 1. The van der Waals surface area contributed by atoms with Gasteiger partial charge >= 0.3 is 0 Å². The highest BCUT2D eigenvalue weighted by molar-refractivity contribution is 6.33. The lowest BCUT2D eigenvalue weighted by atomic mass is 9.55. The Morgan fingerprint density at radius 1 is 1.25 bits per heavy atom. The van der Waals surface area contributed by atoms with Gasteiger partial charge in [0.05, 0.1) is 11.2 Å². The van der Waals surface area contributed by atoms with Crippen LogP contribution in [0.15, 0.2) is 36.0 Å². The molecule has 2 fully saturated rings. The number of rotatable bonds is 10. The molecule has 1 saturated carbocycles. The van der Waals surface area contributed by atoms with Gasteiger partial charge in [-0.25, -0.2) is 0 Å². The molecule has 0 bridgehead atoms. The molecule has 0 radical (unpaired) electrons. The molecule has 0 spiro atoms. The topological polar surface area (TPSA) is 147 Å². The number of aliphatic hydroxyl groups is 1. The van der Waals surface area contributed by atoms with Crippen LogP contribution in [0.4, 0.5) is 0 Å². The van der Waals surface area contributed by atoms with Gasteiger partial charge in [-0.15, -0.1) is 6.58 Å². The van der Waals surface area contributed by atoms with Crippen molar-refractivity contribution in [1.82, 2.24) is 10.2 Å². The van der Waals surface area contributed by atoms with Crippen molar-refractivity contribution in [3.63, 3.8) is 0 Å². The number of ketones is 1. The van der Waals surface area contributed by atoms with Crippen LogP contribution in [-0.2, 0) is 24.0 Å². The lowest BCUT2D eigenvalue weighted by molar-refractivity contribution is -0.152. The Bertz CT molecular complexity index is 1160. The smallest absolute Gasteiger partial charge is 0.262 e. The van der Waals surface area contributed by atoms with Crippen LogP contribution in [-0.4, -0.2) is 57.6 Å². The second-order valence-electron chi connectivity index (χ2n) is 12.2. The van der Waals surface area contributed by atoms with Crippen molar-refractivity contribution in [3.05, 3.63) is 36.0 Å². The van der Waals surface area contributed by atoms with E-state index in [0.29, 0.717) is 32.2 Å². The Balaban J connectivity index is 1.65. The molecule has 2 aliphatic heterocycles. The summed E-state index contributed by atoms with van der Waals surface area (Å²) in [5.74, 6) is -5.17. The van der Waals surface area contributed by atoms with E-state index in [1.165, 1.54) is 0 Å². The maximum Gasteiger partial charge on any atom is 0.262 e. The number of imide groups is 1. The Morgan fingerprint density at radius 2 is 1.98 bits per heavy atom. The number of nitrogens with two attached hydrogens (primary N) is 1. The average molecular weight is 554 g/mol. The molecule has 8 atom stereocenters. The van der Waals surface area contributed by atoms with Crippen molar-refractivity contribution in [2.24, 2.45) is 41.2 Å². The predicted molar refractivity (Wildman–Crippen MR) is 149 cm³/mol. The molecular weight excluding hydrogens is 510 g/mol. The number of carbonyl (C=O) groups excluding carboxylic acids is 5. The zero-order valence-corrected chi connectivity index (χ0v) is 23.9. The fraction of sp³-hybridized carbons (Fsp3) is 0.645. The Morgan fingerprint density at radius 3 is 2.62 bits per heavy atom. The van der Waals surface area contributed by atoms with Gasteiger partial charge in [0, 0.05) is 35.8 Å². The summed E-state index contributed by atoms with van der Waals surface area (Å²) in [7, 11) is 0. The predicted octanol–water partition coefficient (Wildman–Crippen LogP) is 2.58. The van der Waals surface area contributed by atoms with Crippen LogP contribution >= 0.6 is 0 Å². The van der Waals surface area contributed by atoms with Gasteiger partial charge in [0.2, 0.25) is 11.8 Å². The molecule has 9 nitrogen and oxygen atoms in total. The molecule has 4 aliphatic rings. The third kappa shape index (κ3) is 5.32. The van der Waals surface area contributed by atoms with Gasteiger partial charge in [-0.3, -0.25) is 29.3 Å². The molecule has 218 valence electrons. The van der Waals surface area contributed by atoms with Gasteiger partial charge in [0.25, 0.3) is 11.8 Å². The standard InChI is InChI=1S/C31H43N3O6/c1-5-7-8-10-19(6-2)23-24(29(38)33-28(23)37)26(35)22-17(3)12-13-31(40)16-20(15-18(4)25(22)31)30(39)34-14-9-11-21(34)27(32)36/h6,12-13,17-22,25,40H,2,5,7-11,14-16H2,1,3-4H3,(H2,32,36)(H,33,37,38). The van der Waals surface area contributed by atoms with Crippen molar-refractivity contribution < 1.29 is 29.1 Å². The summed E-state index contributed by atoms with van der Waals surface area (Å²) < 4.78 is 0. The first kappa shape index (κ1) is 29.9. The van der Waals surface area contributed by atoms with Crippen molar-refractivity contribution in [2.75, 3.05) is 6.54 Å². The van der Waals surface area contributed by atoms with Gasteiger partial charge in [0.15, 0.2) is 5.78 Å². The zero-order valence-electron chi connectivity index (χ0n) is 23.9. The minimum atomic E-state index is -1.45. The van der Waals surface area contributed by atoms with E-state index < -0.39 is 58.8 Å². The van der Waals surface area contributed by atoms with Crippen LogP contribution in [0.2, 0.25) is 0 Å². The minimum Gasteiger partial charge on any atom is -0.385 e. The summed E-state index contributed by atoms with van der Waals surface area (Å²) >= 11 is 0. The number of fused-ring (bicyclic) bond motifs is 1. The summed E-state index contributed by atoms with van der Waals surface area (Å²) in [6.45, 7) is 10.2. The number of allylic oxidation sites excluding steroid dienone is 2. The molecule has 8 unspecified atom stereocenters. The largest absolute Gasteiger partial charge is 0.385 e. The summed E-state index contributed by atoms with van der Waals surface area (Å²) in [5.41, 5.74) is 4.15. The lowest BCUT2D eigenvalue weighted by Crippen LogP contribution is -2.57. The molecule has 4 N–H and O–H groups in total.